The summed E-state index contributed by atoms with van der Waals surface area (Å²) in [6, 6.07) is 1.72. The Kier molecular flexibility index (Phi) is 5.52. The number of carbonyl (C=O) groups is 1. The van der Waals surface area contributed by atoms with Gasteiger partial charge in [0, 0.05) is 4.47 Å². The van der Waals surface area contributed by atoms with Crippen molar-refractivity contribution in [2.24, 2.45) is 27.2 Å². The number of halogens is 2. The summed E-state index contributed by atoms with van der Waals surface area (Å²) in [5.74, 6) is -0.835. The molecule has 0 atom stereocenters. The highest BCUT2D eigenvalue weighted by atomic mass is 79.9. The molecule has 0 aliphatic heterocycles. The van der Waals surface area contributed by atoms with Gasteiger partial charge in [0.15, 0.2) is 5.96 Å². The third kappa shape index (κ3) is 3.70. The molecule has 1 rings (SSSR count). The molecule has 0 aliphatic rings. The number of benzene rings is 1. The van der Waals surface area contributed by atoms with Crippen LogP contribution in [-0.2, 0) is 4.74 Å². The summed E-state index contributed by atoms with van der Waals surface area (Å²) in [4.78, 5) is 19.5. The quantitative estimate of drug-likeness (QED) is 0.389. The molecule has 0 saturated heterocycles. The lowest BCUT2D eigenvalue weighted by Gasteiger charge is -2.11. The first-order valence-corrected chi connectivity index (χ1v) is 6.87. The van der Waals surface area contributed by atoms with E-state index in [0.717, 1.165) is 5.56 Å². The number of hydrogen-bond acceptors (Lipinski definition) is 3. The average Bonchev–Trinajstić information content (AvgIpc) is 2.33. The number of carbonyl (C=O) groups excluding carboxylic acids is 1. The predicted octanol–water partition coefficient (Wildman–Crippen LogP) is 1.53. The molecule has 0 fully saturated rings. The molecule has 20 heavy (non-hydrogen) atoms. The van der Waals surface area contributed by atoms with Gasteiger partial charge >= 0.3 is 5.97 Å². The Morgan fingerprint density at radius 1 is 1.30 bits per heavy atom. The smallest absolute Gasteiger partial charge is 0.340 e. The summed E-state index contributed by atoms with van der Waals surface area (Å²) in [5, 5.41) is 0. The average molecular weight is 407 g/mol. The van der Waals surface area contributed by atoms with Gasteiger partial charge in [-0.25, -0.2) is 9.79 Å². The van der Waals surface area contributed by atoms with Gasteiger partial charge in [0.2, 0.25) is 5.96 Å². The molecule has 0 spiro atoms. The molecule has 108 valence electrons. The molecule has 0 saturated carbocycles. The number of ether oxygens (including phenoxy) is 1. The van der Waals surface area contributed by atoms with Gasteiger partial charge in [-0.3, -0.25) is 0 Å². The maximum Gasteiger partial charge on any atom is 0.340 e. The fraction of sp³-hybridized carbons (Fsp3) is 0.182. The van der Waals surface area contributed by atoms with Crippen LogP contribution >= 0.6 is 31.9 Å². The van der Waals surface area contributed by atoms with E-state index in [0.29, 0.717) is 20.2 Å². The predicted molar refractivity (Wildman–Crippen MR) is 85.0 cm³/mol. The Balaban J connectivity index is 3.49. The molecule has 0 unspecified atom stereocenters. The summed E-state index contributed by atoms with van der Waals surface area (Å²) in [6.07, 6.45) is 0. The Morgan fingerprint density at radius 3 is 2.40 bits per heavy atom. The number of methoxy groups -OCH3 is 1. The highest BCUT2D eigenvalue weighted by Gasteiger charge is 2.19. The van der Waals surface area contributed by atoms with E-state index in [1.54, 1.807) is 13.0 Å². The van der Waals surface area contributed by atoms with Crippen LogP contribution in [0.1, 0.15) is 15.9 Å². The van der Waals surface area contributed by atoms with Gasteiger partial charge in [-0.2, -0.15) is 4.99 Å². The van der Waals surface area contributed by atoms with E-state index in [4.69, 9.17) is 21.9 Å². The fourth-order valence-corrected chi connectivity index (χ4v) is 3.17. The molecule has 1 aromatic carbocycles. The maximum absolute atomic E-state index is 11.8. The van der Waals surface area contributed by atoms with Crippen LogP contribution in [0.3, 0.4) is 0 Å². The van der Waals surface area contributed by atoms with Crippen LogP contribution in [0.4, 0.5) is 5.69 Å². The van der Waals surface area contributed by atoms with Gasteiger partial charge in [0.25, 0.3) is 0 Å². The molecular weight excluding hydrogens is 394 g/mol. The summed E-state index contributed by atoms with van der Waals surface area (Å²) < 4.78 is 5.73. The maximum atomic E-state index is 11.8. The second-order valence-corrected chi connectivity index (χ2v) is 5.36. The number of aryl methyl sites for hydroxylation is 1. The van der Waals surface area contributed by atoms with E-state index in [1.165, 1.54) is 7.11 Å². The van der Waals surface area contributed by atoms with Crippen molar-refractivity contribution in [1.82, 2.24) is 0 Å². The largest absolute Gasteiger partial charge is 0.465 e. The number of aliphatic imine (C=N–C) groups is 2. The first kappa shape index (κ1) is 16.4. The van der Waals surface area contributed by atoms with Crippen molar-refractivity contribution in [3.63, 3.8) is 0 Å². The van der Waals surface area contributed by atoms with Gasteiger partial charge in [-0.1, -0.05) is 0 Å². The normalized spacial score (nSPS) is 11.1. The van der Waals surface area contributed by atoms with Crippen LogP contribution in [0.5, 0.6) is 0 Å². The second-order valence-electron chi connectivity index (χ2n) is 3.71. The molecule has 0 aromatic heterocycles. The molecule has 9 heteroatoms. The molecule has 6 N–H and O–H groups in total. The highest BCUT2D eigenvalue weighted by Crippen LogP contribution is 2.37. The van der Waals surface area contributed by atoms with Crippen LogP contribution in [0.25, 0.3) is 0 Å². The Bertz CT molecular complexity index is 609. The molecule has 0 aliphatic carbocycles. The number of guanidine groups is 2. The topological polar surface area (TPSA) is 129 Å². The Morgan fingerprint density at radius 2 is 1.90 bits per heavy atom. The third-order valence-electron chi connectivity index (χ3n) is 2.24. The minimum Gasteiger partial charge on any atom is -0.465 e. The number of esters is 1. The first-order valence-electron chi connectivity index (χ1n) is 5.28. The minimum atomic E-state index is -0.513. The molecule has 1 aromatic rings. The monoisotopic (exact) mass is 405 g/mol. The lowest BCUT2D eigenvalue weighted by atomic mass is 10.1. The van der Waals surface area contributed by atoms with E-state index in [2.05, 4.69) is 41.8 Å². The van der Waals surface area contributed by atoms with Crippen LogP contribution in [0, 0.1) is 6.92 Å². The molecule has 0 bridgehead atoms. The standard InChI is InChI=1S/C11H13Br2N5O2/c1-4-3-5(12)6(9(19)20-2)7(13)8(4)17-11(16)18-10(14)15/h3H,1-2H3,(H6,14,15,16,17,18). The van der Waals surface area contributed by atoms with E-state index in [1.807, 2.05) is 0 Å². The summed E-state index contributed by atoms with van der Waals surface area (Å²) in [5.41, 5.74) is 17.5. The lowest BCUT2D eigenvalue weighted by molar-refractivity contribution is 0.0598. The van der Waals surface area contributed by atoms with Crippen molar-refractivity contribution in [3.8, 4) is 0 Å². The van der Waals surface area contributed by atoms with Crippen molar-refractivity contribution >= 4 is 55.4 Å². The van der Waals surface area contributed by atoms with Crippen LogP contribution < -0.4 is 17.2 Å². The lowest BCUT2D eigenvalue weighted by Crippen LogP contribution is -2.26. The van der Waals surface area contributed by atoms with Gasteiger partial charge in [-0.05, 0) is 50.4 Å². The number of nitrogens with two attached hydrogens (primary N) is 3. The van der Waals surface area contributed by atoms with Crippen molar-refractivity contribution in [3.05, 3.63) is 26.1 Å². The number of hydrogen-bond donors (Lipinski definition) is 3. The highest BCUT2D eigenvalue weighted by molar-refractivity contribution is 9.11. The van der Waals surface area contributed by atoms with E-state index < -0.39 is 5.97 Å². The van der Waals surface area contributed by atoms with Crippen molar-refractivity contribution < 1.29 is 9.53 Å². The van der Waals surface area contributed by atoms with Gasteiger partial charge in [0.05, 0.1) is 22.8 Å². The van der Waals surface area contributed by atoms with E-state index >= 15 is 0 Å². The minimum absolute atomic E-state index is 0.119. The SMILES string of the molecule is COC(=O)c1c(Br)cc(C)c(N=C(N)N=C(N)N)c1Br. The van der Waals surface area contributed by atoms with Crippen LogP contribution in [0.2, 0.25) is 0 Å². The number of rotatable bonds is 2. The van der Waals surface area contributed by atoms with Crippen molar-refractivity contribution in [2.45, 2.75) is 6.92 Å². The number of nitrogens with zero attached hydrogens (tertiary/aromatic N) is 2. The van der Waals surface area contributed by atoms with E-state index in [9.17, 15) is 4.79 Å². The second kappa shape index (κ2) is 6.71. The summed E-state index contributed by atoms with van der Waals surface area (Å²) in [6.45, 7) is 1.80. The Labute approximate surface area is 132 Å². The van der Waals surface area contributed by atoms with Crippen molar-refractivity contribution in [2.75, 3.05) is 7.11 Å². The zero-order chi connectivity index (χ0) is 15.4. The van der Waals surface area contributed by atoms with Crippen LogP contribution in [0.15, 0.2) is 25.0 Å². The zero-order valence-electron chi connectivity index (χ0n) is 10.8. The fourth-order valence-electron chi connectivity index (χ4n) is 1.43. The molecule has 7 nitrogen and oxygen atoms in total. The third-order valence-corrected chi connectivity index (χ3v) is 3.64. The summed E-state index contributed by atoms with van der Waals surface area (Å²) >= 11 is 6.62. The summed E-state index contributed by atoms with van der Waals surface area (Å²) in [7, 11) is 1.29. The van der Waals surface area contributed by atoms with E-state index in [-0.39, 0.29) is 11.9 Å². The van der Waals surface area contributed by atoms with Crippen LogP contribution in [-0.4, -0.2) is 25.0 Å². The van der Waals surface area contributed by atoms with Gasteiger partial charge < -0.3 is 21.9 Å². The first-order chi connectivity index (χ1) is 9.27. The van der Waals surface area contributed by atoms with Crippen molar-refractivity contribution in [1.29, 1.82) is 0 Å². The molecular formula is C11H13Br2N5O2. The molecule has 0 heterocycles. The Hall–Kier alpha value is -1.61. The van der Waals surface area contributed by atoms with Gasteiger partial charge in [0.1, 0.15) is 0 Å². The van der Waals surface area contributed by atoms with Gasteiger partial charge in [-0.15, -0.1) is 0 Å². The molecule has 0 radical (unpaired) electrons. The zero-order valence-corrected chi connectivity index (χ0v) is 13.9. The molecule has 0 amide bonds.